The molecule has 5 aliphatic rings. The van der Waals surface area contributed by atoms with Gasteiger partial charge in [-0.2, -0.15) is 0 Å². The molecule has 0 aromatic carbocycles. The topological polar surface area (TPSA) is 170 Å². The largest absolute Gasteiger partial charge is 1.00 e. The van der Waals surface area contributed by atoms with E-state index in [0.717, 1.165) is 22.3 Å². The van der Waals surface area contributed by atoms with Gasteiger partial charge in [0.15, 0.2) is 0 Å². The Kier molecular flexibility index (Phi) is 16.4. The molecule has 5 heterocycles. The van der Waals surface area contributed by atoms with Gasteiger partial charge < -0.3 is 29.7 Å². The van der Waals surface area contributed by atoms with Crippen LogP contribution in [0.3, 0.4) is 0 Å². The zero-order chi connectivity index (χ0) is 32.0. The van der Waals surface area contributed by atoms with Crippen molar-refractivity contribution in [2.75, 3.05) is 0 Å². The number of hydrogen-bond donors (Lipinski definition) is 0. The Balaban J connectivity index is 0.00000256. The maximum atomic E-state index is 12.5. The summed E-state index contributed by atoms with van der Waals surface area (Å²) in [6.07, 6.45) is 6.85. The van der Waals surface area contributed by atoms with E-state index in [4.69, 9.17) is 15.0 Å². The first-order valence-electron chi connectivity index (χ1n) is 14.5. The molecular weight excluding hydrogens is 678 g/mol. The van der Waals surface area contributed by atoms with E-state index >= 15 is 0 Å². The van der Waals surface area contributed by atoms with E-state index in [1.54, 1.807) is 25.2 Å². The van der Waals surface area contributed by atoms with Gasteiger partial charge in [0.05, 0.1) is 45.9 Å². The molecule has 5 rings (SSSR count). The number of carboxylic acids is 3. The van der Waals surface area contributed by atoms with E-state index in [1.165, 1.54) is 0 Å². The smallest absolute Gasteiger partial charge is 0.550 e. The summed E-state index contributed by atoms with van der Waals surface area (Å²) in [6.45, 7) is 13.3. The second-order valence-corrected chi connectivity index (χ2v) is 11.3. The summed E-state index contributed by atoms with van der Waals surface area (Å²) in [4.78, 5) is 55.4. The van der Waals surface area contributed by atoms with Gasteiger partial charge in [-0.1, -0.05) is 26.5 Å². The van der Waals surface area contributed by atoms with Crippen molar-refractivity contribution in [3.8, 4) is 0 Å². The van der Waals surface area contributed by atoms with Crippen LogP contribution < -0.4 is 169 Å². The number of carbonyl (C=O) groups excluding carboxylic acids is 3. The Morgan fingerprint density at radius 1 is 0.809 bits per heavy atom. The molecule has 8 bridgehead atoms. The van der Waals surface area contributed by atoms with E-state index in [-0.39, 0.29) is 201 Å². The maximum Gasteiger partial charge on any atom is 1.00 e. The van der Waals surface area contributed by atoms with E-state index in [2.05, 4.69) is 11.6 Å². The monoisotopic (exact) mass is 708 g/mol. The standard InChI is InChI=1S/C34H34N4O6.3K/c1-7-19-15(3)23-12-25-17(5)21(9-10-29(39)40)32(37-25)22(11-30(41)42)33-31(34(43)44)18(6)26(38-33)14-28-20(8-2)16(4)24(36-28)13-27(19)35-23;;;/h7,12-14,17,21H,1,8-11H2,2-6H3,(H,39,40)(H,41,42)(H,43,44);;;/q;3*+1/p-3/t17-,21-;;;/m0.../s1. The summed E-state index contributed by atoms with van der Waals surface area (Å²) in [7, 11) is 0. The van der Waals surface area contributed by atoms with E-state index in [1.807, 2.05) is 33.8 Å². The van der Waals surface area contributed by atoms with Crippen molar-refractivity contribution in [1.82, 2.24) is 0 Å². The van der Waals surface area contributed by atoms with Gasteiger partial charge in [0.25, 0.3) is 0 Å². The molecule has 0 amide bonds. The number of hydrogen-bond acceptors (Lipinski definition) is 10. The zero-order valence-electron chi connectivity index (χ0n) is 28.2. The third-order valence-electron chi connectivity index (χ3n) is 8.76. The SMILES string of the molecule is C=CC1=C(C)C2=CC3=NC(=C(CC(=O)[O-])C4=NC(=CC5=NC(=CC1=N2)C(C)=C5CC)C(C)=C4C(=O)[O-])[C@@H](CCC(=O)[O-])[C@@H]3C.[K+].[K+].[K+]. The second kappa shape index (κ2) is 17.9. The van der Waals surface area contributed by atoms with Crippen LogP contribution >= 0.6 is 0 Å². The van der Waals surface area contributed by atoms with Crippen molar-refractivity contribution in [3.05, 3.63) is 92.7 Å². The number of rotatable bonds is 8. The predicted molar refractivity (Wildman–Crippen MR) is 161 cm³/mol. The number of nitrogens with zero attached hydrogens (tertiary/aromatic N) is 4. The molecule has 0 fully saturated rings. The van der Waals surface area contributed by atoms with Gasteiger partial charge in [0.1, 0.15) is 0 Å². The summed E-state index contributed by atoms with van der Waals surface area (Å²) in [5.74, 6) is -5.20. The van der Waals surface area contributed by atoms with Crippen molar-refractivity contribution < 1.29 is 184 Å². The zero-order valence-corrected chi connectivity index (χ0v) is 37.6. The Bertz CT molecular complexity index is 1810. The van der Waals surface area contributed by atoms with E-state index in [9.17, 15) is 29.7 Å². The first-order valence-corrected chi connectivity index (χ1v) is 14.5. The number of allylic oxidation sites excluding steroid dienone is 10. The van der Waals surface area contributed by atoms with Gasteiger partial charge in [-0.3, -0.25) is 4.99 Å². The van der Waals surface area contributed by atoms with Crippen molar-refractivity contribution >= 4 is 40.8 Å². The molecule has 13 heteroatoms. The fourth-order valence-electron chi connectivity index (χ4n) is 6.34. The number of aliphatic imine (C=N–C) groups is 4. The molecule has 2 atom stereocenters. The van der Waals surface area contributed by atoms with Crippen LogP contribution in [0.5, 0.6) is 0 Å². The van der Waals surface area contributed by atoms with E-state index < -0.39 is 30.2 Å². The maximum absolute atomic E-state index is 12.5. The van der Waals surface area contributed by atoms with Crippen LogP contribution in [0.2, 0.25) is 0 Å². The predicted octanol–water partition coefficient (Wildman–Crippen LogP) is -7.05. The number of fused-ring (bicyclic) bond motifs is 4. The molecule has 0 aromatic rings. The summed E-state index contributed by atoms with van der Waals surface area (Å²) in [5.41, 5.74) is 7.22. The van der Waals surface area contributed by atoms with Crippen LogP contribution in [0.4, 0.5) is 0 Å². The molecule has 0 aliphatic carbocycles. The second-order valence-electron chi connectivity index (χ2n) is 11.3. The Morgan fingerprint density at radius 3 is 1.98 bits per heavy atom. The molecular formula is C34H31K3N4O6. The average Bonchev–Trinajstić information content (AvgIpc) is 3.63. The Hall–Kier alpha value is -0.0809. The molecule has 47 heavy (non-hydrogen) atoms. The minimum atomic E-state index is -1.52. The van der Waals surface area contributed by atoms with Gasteiger partial charge in [-0.25, -0.2) is 15.0 Å². The minimum Gasteiger partial charge on any atom is -0.550 e. The Labute approximate surface area is 401 Å². The normalized spacial score (nSPS) is 21.4. The van der Waals surface area contributed by atoms with Crippen LogP contribution in [-0.4, -0.2) is 40.8 Å². The summed E-state index contributed by atoms with van der Waals surface area (Å²) >= 11 is 0. The van der Waals surface area contributed by atoms with Gasteiger partial charge >= 0.3 is 154 Å². The molecule has 0 N–H and O–H groups in total. The molecule has 0 radical (unpaired) electrons. The molecule has 0 aromatic heterocycles. The minimum absolute atomic E-state index is 0. The average molecular weight is 709 g/mol. The summed E-state index contributed by atoms with van der Waals surface area (Å²) in [5, 5.41) is 36.1. The fraction of sp³-hybridized carbons (Fsp3) is 0.324. The molecule has 10 nitrogen and oxygen atoms in total. The van der Waals surface area contributed by atoms with Crippen molar-refractivity contribution in [2.45, 2.75) is 60.3 Å². The summed E-state index contributed by atoms with van der Waals surface area (Å²) in [6, 6.07) is 0. The molecule has 0 spiro atoms. The third-order valence-corrected chi connectivity index (χ3v) is 8.76. The molecule has 0 unspecified atom stereocenters. The molecule has 0 saturated carbocycles. The molecule has 0 saturated heterocycles. The summed E-state index contributed by atoms with van der Waals surface area (Å²) < 4.78 is 0. The number of carboxylic acid groups (broad SMARTS) is 3. The quantitative estimate of drug-likeness (QED) is 0.227. The van der Waals surface area contributed by atoms with E-state index in [0.29, 0.717) is 40.6 Å². The fourth-order valence-corrected chi connectivity index (χ4v) is 6.34. The number of aliphatic carboxylic acids is 3. The number of carbonyl (C=O) groups is 3. The Morgan fingerprint density at radius 2 is 1.40 bits per heavy atom. The van der Waals surface area contributed by atoms with Crippen molar-refractivity contribution in [2.24, 2.45) is 31.8 Å². The van der Waals surface area contributed by atoms with Gasteiger partial charge in [-0.05, 0) is 80.6 Å². The van der Waals surface area contributed by atoms with Gasteiger partial charge in [0.2, 0.25) is 0 Å². The van der Waals surface area contributed by atoms with Crippen LogP contribution in [0.25, 0.3) is 0 Å². The van der Waals surface area contributed by atoms with Crippen molar-refractivity contribution in [1.29, 1.82) is 0 Å². The van der Waals surface area contributed by atoms with Crippen LogP contribution in [-0.2, 0) is 14.4 Å². The van der Waals surface area contributed by atoms with Crippen molar-refractivity contribution in [3.63, 3.8) is 0 Å². The van der Waals surface area contributed by atoms with Gasteiger partial charge in [-0.15, -0.1) is 0 Å². The van der Waals surface area contributed by atoms with Crippen LogP contribution in [0.1, 0.15) is 60.3 Å². The first-order chi connectivity index (χ1) is 20.9. The van der Waals surface area contributed by atoms with Crippen LogP contribution in [0.15, 0.2) is 113 Å². The first kappa shape index (κ1) is 43.1. The molecule has 5 aliphatic heterocycles. The van der Waals surface area contributed by atoms with Crippen LogP contribution in [0, 0.1) is 11.8 Å². The molecule has 226 valence electrons. The van der Waals surface area contributed by atoms with Gasteiger partial charge in [0, 0.05) is 52.6 Å². The third kappa shape index (κ3) is 8.70.